The monoisotopic (exact) mass is 188 g/mol. The average molecular weight is 188 g/mol. The molecule has 1 nitrogen and oxygen atoms in total. The predicted octanol–water partition coefficient (Wildman–Crippen LogP) is 3.52. The average Bonchev–Trinajstić information content (AvgIpc) is 2.56. The fourth-order valence-electron chi connectivity index (χ4n) is 1.90. The molecule has 0 saturated heterocycles. The van der Waals surface area contributed by atoms with E-state index in [9.17, 15) is 0 Å². The third kappa shape index (κ3) is 1.54. The summed E-state index contributed by atoms with van der Waals surface area (Å²) in [5, 5.41) is 0. The summed E-state index contributed by atoms with van der Waals surface area (Å²) in [6.45, 7) is 6.45. The van der Waals surface area contributed by atoms with Crippen molar-refractivity contribution in [2.45, 2.75) is 26.9 Å². The minimum absolute atomic E-state index is 0.217. The maximum atomic E-state index is 5.61. The van der Waals surface area contributed by atoms with Crippen LogP contribution < -0.4 is 0 Å². The van der Waals surface area contributed by atoms with E-state index in [1.807, 2.05) is 6.26 Å². The lowest BCUT2D eigenvalue weighted by Crippen LogP contribution is -2.06. The van der Waals surface area contributed by atoms with Crippen LogP contribution in [0.1, 0.15) is 29.7 Å². The summed E-state index contributed by atoms with van der Waals surface area (Å²) >= 11 is 0. The zero-order valence-electron chi connectivity index (χ0n) is 8.95. The summed E-state index contributed by atoms with van der Waals surface area (Å²) in [6.07, 6.45) is 4.15. The Morgan fingerprint density at radius 3 is 2.64 bits per heavy atom. The Labute approximate surface area is 85.4 Å². The maximum Gasteiger partial charge on any atom is 0.129 e. The van der Waals surface area contributed by atoms with E-state index in [2.05, 4.69) is 45.0 Å². The largest absolute Gasteiger partial charge is 0.493 e. The standard InChI is InChI=1S/C13H16O/c1-9-4-5-10(2)12(8-9)13-11(3)6-7-14-13/h4-8,11,13H,1-3H3/t11-,13+/m0/s1. The third-order valence-corrected chi connectivity index (χ3v) is 2.83. The molecule has 0 aliphatic carbocycles. The molecule has 2 atom stereocenters. The van der Waals surface area contributed by atoms with Crippen LogP contribution in [0.3, 0.4) is 0 Å². The first kappa shape index (κ1) is 9.32. The van der Waals surface area contributed by atoms with Crippen LogP contribution in [-0.2, 0) is 4.74 Å². The van der Waals surface area contributed by atoms with Crippen molar-refractivity contribution in [1.29, 1.82) is 0 Å². The lowest BCUT2D eigenvalue weighted by atomic mass is 9.94. The molecule has 2 rings (SSSR count). The van der Waals surface area contributed by atoms with Gasteiger partial charge in [-0.1, -0.05) is 30.7 Å². The molecule has 0 bridgehead atoms. The Hall–Kier alpha value is -1.24. The fraction of sp³-hybridized carbons (Fsp3) is 0.385. The second kappa shape index (κ2) is 3.49. The van der Waals surface area contributed by atoms with Crippen molar-refractivity contribution in [3.05, 3.63) is 47.2 Å². The highest BCUT2D eigenvalue weighted by Crippen LogP contribution is 2.34. The zero-order valence-corrected chi connectivity index (χ0v) is 8.95. The molecule has 74 valence electrons. The minimum atomic E-state index is 0.217. The predicted molar refractivity (Wildman–Crippen MR) is 58.0 cm³/mol. The van der Waals surface area contributed by atoms with Crippen LogP contribution in [-0.4, -0.2) is 0 Å². The Bertz CT molecular complexity index is 365. The van der Waals surface area contributed by atoms with Gasteiger partial charge in [0.2, 0.25) is 0 Å². The zero-order chi connectivity index (χ0) is 10.1. The van der Waals surface area contributed by atoms with E-state index in [0.29, 0.717) is 5.92 Å². The van der Waals surface area contributed by atoms with Crippen LogP contribution in [0.25, 0.3) is 0 Å². The molecule has 1 heteroatoms. The molecule has 1 aliphatic rings. The Balaban J connectivity index is 2.36. The van der Waals surface area contributed by atoms with Gasteiger partial charge in [0.1, 0.15) is 6.10 Å². The molecular formula is C13H16O. The van der Waals surface area contributed by atoms with E-state index in [1.54, 1.807) is 0 Å². The van der Waals surface area contributed by atoms with Gasteiger partial charge in [0, 0.05) is 5.92 Å². The Kier molecular flexibility index (Phi) is 2.32. The quantitative estimate of drug-likeness (QED) is 0.655. The summed E-state index contributed by atoms with van der Waals surface area (Å²) in [5.74, 6) is 0.482. The van der Waals surface area contributed by atoms with E-state index in [4.69, 9.17) is 4.74 Å². The molecule has 14 heavy (non-hydrogen) atoms. The molecule has 1 heterocycles. The van der Waals surface area contributed by atoms with Gasteiger partial charge >= 0.3 is 0 Å². The summed E-state index contributed by atoms with van der Waals surface area (Å²) in [4.78, 5) is 0. The van der Waals surface area contributed by atoms with E-state index in [-0.39, 0.29) is 6.10 Å². The van der Waals surface area contributed by atoms with Gasteiger partial charge < -0.3 is 4.74 Å². The highest BCUT2D eigenvalue weighted by Gasteiger charge is 2.23. The second-order valence-electron chi connectivity index (χ2n) is 4.10. The first-order valence-electron chi connectivity index (χ1n) is 5.08. The van der Waals surface area contributed by atoms with Crippen LogP contribution >= 0.6 is 0 Å². The van der Waals surface area contributed by atoms with Gasteiger partial charge in [-0.3, -0.25) is 0 Å². The van der Waals surface area contributed by atoms with Crippen molar-refractivity contribution in [3.63, 3.8) is 0 Å². The van der Waals surface area contributed by atoms with Gasteiger partial charge in [0.05, 0.1) is 6.26 Å². The van der Waals surface area contributed by atoms with Gasteiger partial charge in [0.15, 0.2) is 0 Å². The summed E-state index contributed by atoms with van der Waals surface area (Å²) in [6, 6.07) is 6.54. The topological polar surface area (TPSA) is 9.23 Å². The van der Waals surface area contributed by atoms with E-state index in [1.165, 1.54) is 16.7 Å². The van der Waals surface area contributed by atoms with Crippen molar-refractivity contribution >= 4 is 0 Å². The Morgan fingerprint density at radius 2 is 2.00 bits per heavy atom. The summed E-state index contributed by atoms with van der Waals surface area (Å²) in [7, 11) is 0. The number of ether oxygens (including phenoxy) is 1. The molecule has 0 aromatic heterocycles. The molecule has 0 fully saturated rings. The maximum absolute atomic E-state index is 5.61. The van der Waals surface area contributed by atoms with Gasteiger partial charge in [-0.2, -0.15) is 0 Å². The van der Waals surface area contributed by atoms with Crippen molar-refractivity contribution in [2.75, 3.05) is 0 Å². The van der Waals surface area contributed by atoms with Crippen molar-refractivity contribution < 1.29 is 4.74 Å². The first-order valence-corrected chi connectivity index (χ1v) is 5.08. The molecule has 0 amide bonds. The molecule has 1 aromatic rings. The number of aryl methyl sites for hydroxylation is 2. The molecule has 1 aromatic carbocycles. The Morgan fingerprint density at radius 1 is 1.21 bits per heavy atom. The highest BCUT2D eigenvalue weighted by atomic mass is 16.5. The van der Waals surface area contributed by atoms with Crippen LogP contribution in [0.4, 0.5) is 0 Å². The highest BCUT2D eigenvalue weighted by molar-refractivity contribution is 5.33. The van der Waals surface area contributed by atoms with Crippen LogP contribution in [0, 0.1) is 19.8 Å². The SMILES string of the molecule is Cc1ccc(C)c([C@@H]2OC=C[C@@H]2C)c1. The number of benzene rings is 1. The van der Waals surface area contributed by atoms with Crippen molar-refractivity contribution in [1.82, 2.24) is 0 Å². The van der Waals surface area contributed by atoms with Crippen LogP contribution in [0.15, 0.2) is 30.5 Å². The molecule has 0 N–H and O–H groups in total. The summed E-state index contributed by atoms with van der Waals surface area (Å²) < 4.78 is 5.61. The van der Waals surface area contributed by atoms with Crippen LogP contribution in [0.5, 0.6) is 0 Å². The van der Waals surface area contributed by atoms with E-state index in [0.717, 1.165) is 0 Å². The molecule has 0 radical (unpaired) electrons. The fourth-order valence-corrected chi connectivity index (χ4v) is 1.90. The lowest BCUT2D eigenvalue weighted by Gasteiger charge is -2.18. The van der Waals surface area contributed by atoms with Crippen molar-refractivity contribution in [2.24, 2.45) is 5.92 Å². The lowest BCUT2D eigenvalue weighted by molar-refractivity contribution is 0.141. The number of hydrogen-bond acceptors (Lipinski definition) is 1. The molecule has 0 spiro atoms. The summed E-state index contributed by atoms with van der Waals surface area (Å²) in [5.41, 5.74) is 3.94. The number of rotatable bonds is 1. The number of hydrogen-bond donors (Lipinski definition) is 0. The van der Waals surface area contributed by atoms with Crippen LogP contribution in [0.2, 0.25) is 0 Å². The first-order chi connectivity index (χ1) is 6.68. The van der Waals surface area contributed by atoms with Gasteiger partial charge in [-0.25, -0.2) is 0 Å². The molecule has 0 unspecified atom stereocenters. The minimum Gasteiger partial charge on any atom is -0.493 e. The second-order valence-corrected chi connectivity index (χ2v) is 4.10. The van der Waals surface area contributed by atoms with E-state index >= 15 is 0 Å². The normalized spacial score (nSPS) is 25.1. The van der Waals surface area contributed by atoms with Gasteiger partial charge in [0.25, 0.3) is 0 Å². The van der Waals surface area contributed by atoms with Crippen molar-refractivity contribution in [3.8, 4) is 0 Å². The molecule has 0 saturated carbocycles. The van der Waals surface area contributed by atoms with Gasteiger partial charge in [-0.15, -0.1) is 0 Å². The smallest absolute Gasteiger partial charge is 0.129 e. The van der Waals surface area contributed by atoms with E-state index < -0.39 is 0 Å². The molecular weight excluding hydrogens is 172 g/mol. The van der Waals surface area contributed by atoms with Gasteiger partial charge in [-0.05, 0) is 31.1 Å². The third-order valence-electron chi connectivity index (χ3n) is 2.83. The molecule has 1 aliphatic heterocycles.